The summed E-state index contributed by atoms with van der Waals surface area (Å²) in [7, 11) is 8.27. The number of amides is 2. The fourth-order valence-electron chi connectivity index (χ4n) is 6.63. The van der Waals surface area contributed by atoms with Crippen LogP contribution >= 0.6 is 0 Å². The van der Waals surface area contributed by atoms with Gasteiger partial charge in [-0.15, -0.1) is 0 Å². The predicted octanol–water partition coefficient (Wildman–Crippen LogP) is 12.3. The zero-order chi connectivity index (χ0) is 38.9. The Morgan fingerprint density at radius 2 is 0.596 bits per heavy atom. The van der Waals surface area contributed by atoms with E-state index in [4.69, 9.17) is 0 Å². The van der Waals surface area contributed by atoms with E-state index < -0.39 is 0 Å². The minimum absolute atomic E-state index is 0.233. The highest BCUT2D eigenvalue weighted by molar-refractivity contribution is 5.76. The first kappa shape index (κ1) is 53.0. The molecule has 312 valence electrons. The lowest BCUT2D eigenvalue weighted by Gasteiger charge is -2.09. The summed E-state index contributed by atoms with van der Waals surface area (Å²) in [6.45, 7) is 13.0. The largest absolute Gasteiger partial charge is 0.356 e. The third-order valence-corrected chi connectivity index (χ3v) is 10.1. The molecule has 0 aromatic rings. The molecule has 0 spiro atoms. The lowest BCUT2D eigenvalue weighted by atomic mass is 10.0. The molecule has 0 atom stereocenters. The summed E-state index contributed by atoms with van der Waals surface area (Å²) in [6.07, 6.45) is 38.8. The molecule has 2 N–H and O–H groups in total. The molecule has 2 amide bonds. The second kappa shape index (κ2) is 42.6. The summed E-state index contributed by atoms with van der Waals surface area (Å²) >= 11 is 0. The third-order valence-electron chi connectivity index (χ3n) is 10.1. The normalized spacial score (nSPS) is 11.5. The van der Waals surface area contributed by atoms with Crippen molar-refractivity contribution in [3.8, 4) is 0 Å². The molecular weight excluding hydrogens is 641 g/mol. The van der Waals surface area contributed by atoms with Crippen LogP contribution in [-0.4, -0.2) is 76.0 Å². The van der Waals surface area contributed by atoms with E-state index in [0.717, 1.165) is 63.7 Å². The van der Waals surface area contributed by atoms with Crippen molar-refractivity contribution in [2.24, 2.45) is 11.8 Å². The monoisotopic (exact) mass is 737 g/mol. The molecule has 0 bridgehead atoms. The van der Waals surface area contributed by atoms with E-state index in [2.05, 4.69) is 76.3 Å². The Bertz CT molecular complexity index is 665. The highest BCUT2D eigenvalue weighted by Crippen LogP contribution is 2.16. The average Bonchev–Trinajstić information content (AvgIpc) is 3.08. The van der Waals surface area contributed by atoms with Crippen LogP contribution in [0, 0.1) is 11.8 Å². The molecule has 0 fully saturated rings. The van der Waals surface area contributed by atoms with Gasteiger partial charge in [-0.3, -0.25) is 9.59 Å². The van der Waals surface area contributed by atoms with Gasteiger partial charge in [-0.2, -0.15) is 0 Å². The highest BCUT2D eigenvalue weighted by Gasteiger charge is 2.03. The van der Waals surface area contributed by atoms with Crippen LogP contribution in [-0.2, 0) is 9.59 Å². The third kappa shape index (κ3) is 51.0. The van der Waals surface area contributed by atoms with Crippen molar-refractivity contribution >= 4 is 11.8 Å². The Kier molecular flexibility index (Phi) is 43.4. The van der Waals surface area contributed by atoms with Crippen molar-refractivity contribution in [3.05, 3.63) is 0 Å². The Labute approximate surface area is 327 Å². The van der Waals surface area contributed by atoms with Gasteiger partial charge in [-0.25, -0.2) is 0 Å². The SMILES string of the molecule is CC(C)CCCCCCCCCCCCCCC(=O)NCCCN(C)C.CC(C)CCCCCCCCCCCCCCC(=O)NCCCN(C)C. The molecule has 0 aliphatic rings. The molecule has 0 rings (SSSR count). The number of rotatable bonds is 38. The van der Waals surface area contributed by atoms with Gasteiger partial charge in [0.2, 0.25) is 11.8 Å². The van der Waals surface area contributed by atoms with Crippen LogP contribution in [0.15, 0.2) is 0 Å². The van der Waals surface area contributed by atoms with Crippen LogP contribution in [0.3, 0.4) is 0 Å². The second-order valence-electron chi connectivity index (χ2n) is 17.4. The molecule has 0 radical (unpaired) electrons. The van der Waals surface area contributed by atoms with Gasteiger partial charge in [0.15, 0.2) is 0 Å². The molecule has 0 aromatic carbocycles. The van der Waals surface area contributed by atoms with E-state index in [-0.39, 0.29) is 11.8 Å². The first-order chi connectivity index (χ1) is 25.0. The van der Waals surface area contributed by atoms with Gasteiger partial charge >= 0.3 is 0 Å². The summed E-state index contributed by atoms with van der Waals surface area (Å²) in [5, 5.41) is 6.04. The number of nitrogens with zero attached hydrogens (tertiary/aromatic N) is 2. The van der Waals surface area contributed by atoms with E-state index in [1.165, 1.54) is 154 Å². The van der Waals surface area contributed by atoms with E-state index in [0.29, 0.717) is 12.8 Å². The summed E-state index contributed by atoms with van der Waals surface area (Å²) < 4.78 is 0. The maximum Gasteiger partial charge on any atom is 0.219 e. The van der Waals surface area contributed by atoms with Gasteiger partial charge in [-0.1, -0.05) is 182 Å². The van der Waals surface area contributed by atoms with Gasteiger partial charge in [-0.05, 0) is 78.8 Å². The van der Waals surface area contributed by atoms with Crippen LogP contribution in [0.2, 0.25) is 0 Å². The van der Waals surface area contributed by atoms with Crippen LogP contribution < -0.4 is 10.6 Å². The fourth-order valence-corrected chi connectivity index (χ4v) is 6.63. The molecule has 0 heterocycles. The first-order valence-electron chi connectivity index (χ1n) is 22.9. The molecule has 0 unspecified atom stereocenters. The Morgan fingerprint density at radius 3 is 0.827 bits per heavy atom. The average molecular weight is 737 g/mol. The van der Waals surface area contributed by atoms with Gasteiger partial charge < -0.3 is 20.4 Å². The summed E-state index contributed by atoms with van der Waals surface area (Å²) in [5.41, 5.74) is 0. The van der Waals surface area contributed by atoms with Crippen LogP contribution in [0.25, 0.3) is 0 Å². The molecule has 0 saturated heterocycles. The van der Waals surface area contributed by atoms with Gasteiger partial charge in [0.05, 0.1) is 0 Å². The smallest absolute Gasteiger partial charge is 0.219 e. The lowest BCUT2D eigenvalue weighted by Crippen LogP contribution is -2.26. The molecule has 0 saturated carbocycles. The topological polar surface area (TPSA) is 64.7 Å². The van der Waals surface area contributed by atoms with Crippen LogP contribution in [0.5, 0.6) is 0 Å². The maximum atomic E-state index is 11.7. The minimum Gasteiger partial charge on any atom is -0.356 e. The Balaban J connectivity index is 0. The fraction of sp³-hybridized carbons (Fsp3) is 0.957. The van der Waals surface area contributed by atoms with Gasteiger partial charge in [0.1, 0.15) is 0 Å². The Morgan fingerprint density at radius 1 is 0.365 bits per heavy atom. The van der Waals surface area contributed by atoms with Crippen molar-refractivity contribution in [2.45, 2.75) is 220 Å². The molecule has 6 heteroatoms. The highest BCUT2D eigenvalue weighted by atomic mass is 16.2. The van der Waals surface area contributed by atoms with Gasteiger partial charge in [0, 0.05) is 25.9 Å². The van der Waals surface area contributed by atoms with E-state index in [1.54, 1.807) is 0 Å². The lowest BCUT2D eigenvalue weighted by molar-refractivity contribution is -0.122. The minimum atomic E-state index is 0.233. The molecule has 52 heavy (non-hydrogen) atoms. The van der Waals surface area contributed by atoms with E-state index >= 15 is 0 Å². The van der Waals surface area contributed by atoms with Crippen LogP contribution in [0.4, 0.5) is 0 Å². The van der Waals surface area contributed by atoms with E-state index in [1.807, 2.05) is 0 Å². The van der Waals surface area contributed by atoms with Crippen molar-refractivity contribution in [3.63, 3.8) is 0 Å². The molecule has 0 aliphatic heterocycles. The Hall–Kier alpha value is -1.14. The second-order valence-corrected chi connectivity index (χ2v) is 17.4. The zero-order valence-corrected chi connectivity index (χ0v) is 36.9. The summed E-state index contributed by atoms with van der Waals surface area (Å²) in [6, 6.07) is 0. The first-order valence-corrected chi connectivity index (χ1v) is 22.9. The molecule has 6 nitrogen and oxygen atoms in total. The predicted molar refractivity (Wildman–Crippen MR) is 231 cm³/mol. The van der Waals surface area contributed by atoms with Crippen molar-refractivity contribution in [1.29, 1.82) is 0 Å². The summed E-state index contributed by atoms with van der Waals surface area (Å²) in [5.74, 6) is 2.21. The standard InChI is InChI=1S/2C23H48N2O/c2*1-22(2)18-15-13-11-9-7-5-6-8-10-12-14-16-19-23(26)24-20-17-21-25(3)4/h2*22H,5-21H2,1-4H3,(H,24,26). The van der Waals surface area contributed by atoms with Crippen molar-refractivity contribution in [1.82, 2.24) is 20.4 Å². The van der Waals surface area contributed by atoms with Crippen molar-refractivity contribution in [2.75, 3.05) is 54.4 Å². The summed E-state index contributed by atoms with van der Waals surface area (Å²) in [4.78, 5) is 27.7. The molecular formula is C46H96N4O2. The molecule has 0 aromatic heterocycles. The number of hydrogen-bond acceptors (Lipinski definition) is 4. The quantitative estimate of drug-likeness (QED) is 0.0620. The van der Waals surface area contributed by atoms with Gasteiger partial charge in [0.25, 0.3) is 0 Å². The van der Waals surface area contributed by atoms with Crippen LogP contribution in [0.1, 0.15) is 220 Å². The number of carbonyl (C=O) groups is 2. The zero-order valence-electron chi connectivity index (χ0n) is 36.9. The number of unbranched alkanes of at least 4 members (excludes halogenated alkanes) is 22. The van der Waals surface area contributed by atoms with Crippen molar-refractivity contribution < 1.29 is 9.59 Å². The molecule has 0 aliphatic carbocycles. The van der Waals surface area contributed by atoms with E-state index in [9.17, 15) is 9.59 Å². The number of hydrogen-bond donors (Lipinski definition) is 2. The number of carbonyl (C=O) groups excluding carboxylic acids is 2. The number of nitrogens with one attached hydrogen (secondary N) is 2. The maximum absolute atomic E-state index is 11.7.